The minimum atomic E-state index is -3.70. The predicted octanol–water partition coefficient (Wildman–Crippen LogP) is 2.98. The Labute approximate surface area is 119 Å². The number of halogens is 2. The fraction of sp³-hybridized carbons (Fsp3) is 0.538. The van der Waals surface area contributed by atoms with Crippen LogP contribution in [-0.4, -0.2) is 20.3 Å². The molecule has 0 spiro atoms. The standard InChI is InChI=1S/C13H19ClFNO2S/c1-8(2)12(7-14)16-19(17,18)13-9(3)5-11(15)6-10(13)4/h5-6,8,12,16H,7H2,1-4H3. The molecule has 0 aromatic heterocycles. The van der Waals surface area contributed by atoms with E-state index in [0.29, 0.717) is 11.1 Å². The molecule has 0 bridgehead atoms. The van der Waals surface area contributed by atoms with Gasteiger partial charge in [0, 0.05) is 11.9 Å². The molecule has 108 valence electrons. The molecule has 19 heavy (non-hydrogen) atoms. The van der Waals surface area contributed by atoms with Gasteiger partial charge < -0.3 is 0 Å². The number of hydrogen-bond donors (Lipinski definition) is 1. The van der Waals surface area contributed by atoms with Crippen molar-refractivity contribution in [2.24, 2.45) is 5.92 Å². The van der Waals surface area contributed by atoms with E-state index in [1.165, 1.54) is 12.1 Å². The topological polar surface area (TPSA) is 46.2 Å². The molecule has 1 aromatic carbocycles. The highest BCUT2D eigenvalue weighted by Gasteiger charge is 2.25. The lowest BCUT2D eigenvalue weighted by molar-refractivity contribution is 0.479. The SMILES string of the molecule is Cc1cc(F)cc(C)c1S(=O)(=O)NC(CCl)C(C)C. The number of alkyl halides is 1. The summed E-state index contributed by atoms with van der Waals surface area (Å²) in [5.41, 5.74) is 0.782. The second-order valence-corrected chi connectivity index (χ2v) is 6.95. The zero-order valence-electron chi connectivity index (χ0n) is 11.5. The smallest absolute Gasteiger partial charge is 0.207 e. The van der Waals surface area contributed by atoms with E-state index in [4.69, 9.17) is 11.6 Å². The fourth-order valence-corrected chi connectivity index (χ4v) is 4.29. The van der Waals surface area contributed by atoms with Crippen molar-refractivity contribution in [2.45, 2.75) is 38.6 Å². The summed E-state index contributed by atoms with van der Waals surface area (Å²) in [4.78, 5) is 0.129. The summed E-state index contributed by atoms with van der Waals surface area (Å²) in [5, 5.41) is 0. The molecule has 0 aliphatic rings. The summed E-state index contributed by atoms with van der Waals surface area (Å²) in [6, 6.07) is 2.08. The molecule has 1 rings (SSSR count). The van der Waals surface area contributed by atoms with Gasteiger partial charge >= 0.3 is 0 Å². The number of aryl methyl sites for hydroxylation is 2. The summed E-state index contributed by atoms with van der Waals surface area (Å²) in [5.74, 6) is -0.170. The van der Waals surface area contributed by atoms with Crippen LogP contribution in [0.4, 0.5) is 4.39 Å². The quantitative estimate of drug-likeness (QED) is 0.850. The van der Waals surface area contributed by atoms with E-state index in [2.05, 4.69) is 4.72 Å². The number of rotatable bonds is 5. The van der Waals surface area contributed by atoms with E-state index >= 15 is 0 Å². The third-order valence-corrected chi connectivity index (χ3v) is 5.10. The Morgan fingerprint density at radius 1 is 1.26 bits per heavy atom. The Hall–Kier alpha value is -0.650. The maximum absolute atomic E-state index is 13.2. The molecule has 1 aromatic rings. The Morgan fingerprint density at radius 3 is 2.11 bits per heavy atom. The Kier molecular flexibility index (Phi) is 5.35. The van der Waals surface area contributed by atoms with Crippen molar-refractivity contribution in [3.8, 4) is 0 Å². The first kappa shape index (κ1) is 16.4. The molecular formula is C13H19ClFNO2S. The van der Waals surface area contributed by atoms with Crippen LogP contribution in [0.25, 0.3) is 0 Å². The third kappa shape index (κ3) is 3.91. The summed E-state index contributed by atoms with van der Waals surface area (Å²) in [6.45, 7) is 6.94. The van der Waals surface area contributed by atoms with Crippen LogP contribution >= 0.6 is 11.6 Å². The van der Waals surface area contributed by atoms with Crippen LogP contribution < -0.4 is 4.72 Å². The molecule has 1 N–H and O–H groups in total. The van der Waals surface area contributed by atoms with Gasteiger partial charge in [0.25, 0.3) is 0 Å². The molecular weight excluding hydrogens is 289 g/mol. The first-order valence-electron chi connectivity index (χ1n) is 6.04. The number of nitrogens with one attached hydrogen (secondary N) is 1. The molecule has 0 saturated heterocycles. The molecule has 1 atom stereocenters. The molecule has 0 saturated carbocycles. The van der Waals surface area contributed by atoms with Crippen molar-refractivity contribution in [1.29, 1.82) is 0 Å². The molecule has 0 aliphatic heterocycles. The van der Waals surface area contributed by atoms with Gasteiger partial charge in [-0.1, -0.05) is 13.8 Å². The average molecular weight is 308 g/mol. The van der Waals surface area contributed by atoms with Gasteiger partial charge in [0.15, 0.2) is 0 Å². The largest absolute Gasteiger partial charge is 0.241 e. The molecule has 0 radical (unpaired) electrons. The molecule has 0 heterocycles. The summed E-state index contributed by atoms with van der Waals surface area (Å²) >= 11 is 5.77. The maximum atomic E-state index is 13.2. The van der Waals surface area contributed by atoms with Crippen molar-refractivity contribution in [1.82, 2.24) is 4.72 Å². The molecule has 0 amide bonds. The summed E-state index contributed by atoms with van der Waals surface area (Å²) in [6.07, 6.45) is 0. The van der Waals surface area contributed by atoms with Crippen LogP contribution in [0, 0.1) is 25.6 Å². The average Bonchev–Trinajstić information content (AvgIpc) is 2.23. The Morgan fingerprint density at radius 2 is 1.74 bits per heavy atom. The van der Waals surface area contributed by atoms with E-state index in [1.54, 1.807) is 13.8 Å². The Balaban J connectivity index is 3.21. The van der Waals surface area contributed by atoms with Gasteiger partial charge in [-0.25, -0.2) is 17.5 Å². The molecule has 1 unspecified atom stereocenters. The number of sulfonamides is 1. The third-order valence-electron chi connectivity index (χ3n) is 2.97. The number of benzene rings is 1. The van der Waals surface area contributed by atoms with Crippen molar-refractivity contribution in [3.63, 3.8) is 0 Å². The second kappa shape index (κ2) is 6.20. The molecule has 6 heteroatoms. The lowest BCUT2D eigenvalue weighted by atomic mass is 10.1. The second-order valence-electron chi connectivity index (χ2n) is 4.99. The van der Waals surface area contributed by atoms with Gasteiger partial charge in [0.1, 0.15) is 5.82 Å². The monoisotopic (exact) mass is 307 g/mol. The first-order chi connectivity index (χ1) is 8.69. The van der Waals surface area contributed by atoms with Crippen molar-refractivity contribution in [3.05, 3.63) is 29.1 Å². The highest BCUT2D eigenvalue weighted by molar-refractivity contribution is 7.89. The number of hydrogen-bond acceptors (Lipinski definition) is 2. The van der Waals surface area contributed by atoms with Gasteiger partial charge in [-0.05, 0) is 43.0 Å². The van der Waals surface area contributed by atoms with E-state index in [1.807, 2.05) is 13.8 Å². The van der Waals surface area contributed by atoms with Crippen LogP contribution in [0.2, 0.25) is 0 Å². The van der Waals surface area contributed by atoms with E-state index in [0.717, 1.165) is 0 Å². The normalized spacial score (nSPS) is 13.8. The molecule has 3 nitrogen and oxygen atoms in total. The van der Waals surface area contributed by atoms with E-state index in [9.17, 15) is 12.8 Å². The van der Waals surface area contributed by atoms with Gasteiger partial charge in [-0.15, -0.1) is 11.6 Å². The fourth-order valence-electron chi connectivity index (χ4n) is 1.93. The van der Waals surface area contributed by atoms with Crippen molar-refractivity contribution in [2.75, 3.05) is 5.88 Å². The van der Waals surface area contributed by atoms with Crippen LogP contribution in [0.15, 0.2) is 17.0 Å². The van der Waals surface area contributed by atoms with Gasteiger partial charge in [-0.3, -0.25) is 0 Å². The van der Waals surface area contributed by atoms with Gasteiger partial charge in [0.05, 0.1) is 4.90 Å². The van der Waals surface area contributed by atoms with Crippen LogP contribution in [0.5, 0.6) is 0 Å². The summed E-state index contributed by atoms with van der Waals surface area (Å²) < 4.78 is 40.5. The van der Waals surface area contributed by atoms with Crippen molar-refractivity contribution >= 4 is 21.6 Å². The van der Waals surface area contributed by atoms with Gasteiger partial charge in [0.2, 0.25) is 10.0 Å². The zero-order chi connectivity index (χ0) is 14.8. The van der Waals surface area contributed by atoms with Crippen molar-refractivity contribution < 1.29 is 12.8 Å². The molecule has 0 aliphatic carbocycles. The van der Waals surface area contributed by atoms with Crippen LogP contribution in [0.1, 0.15) is 25.0 Å². The highest BCUT2D eigenvalue weighted by atomic mass is 35.5. The first-order valence-corrected chi connectivity index (χ1v) is 8.06. The Bertz CT molecular complexity index is 535. The van der Waals surface area contributed by atoms with E-state index < -0.39 is 15.8 Å². The highest BCUT2D eigenvalue weighted by Crippen LogP contribution is 2.22. The molecule has 0 fully saturated rings. The zero-order valence-corrected chi connectivity index (χ0v) is 13.1. The minimum Gasteiger partial charge on any atom is -0.207 e. The van der Waals surface area contributed by atoms with Gasteiger partial charge in [-0.2, -0.15) is 0 Å². The minimum absolute atomic E-state index is 0.0772. The predicted molar refractivity (Wildman–Crippen MR) is 75.5 cm³/mol. The van der Waals surface area contributed by atoms with E-state index in [-0.39, 0.29) is 22.7 Å². The maximum Gasteiger partial charge on any atom is 0.241 e. The lowest BCUT2D eigenvalue weighted by Gasteiger charge is -2.21. The van der Waals surface area contributed by atoms with Crippen LogP contribution in [-0.2, 0) is 10.0 Å². The van der Waals surface area contributed by atoms with Crippen LogP contribution in [0.3, 0.4) is 0 Å². The summed E-state index contributed by atoms with van der Waals surface area (Å²) in [7, 11) is -3.70. The lowest BCUT2D eigenvalue weighted by Crippen LogP contribution is -2.40.